The number of fused-ring (bicyclic) bond motifs is 1. The first-order valence-corrected chi connectivity index (χ1v) is 8.93. The van der Waals surface area contributed by atoms with Gasteiger partial charge in [0.25, 0.3) is 0 Å². The van der Waals surface area contributed by atoms with Crippen LogP contribution in [0.1, 0.15) is 6.42 Å². The summed E-state index contributed by atoms with van der Waals surface area (Å²) < 4.78 is 50.9. The molecule has 1 N–H and O–H groups in total. The van der Waals surface area contributed by atoms with E-state index in [-0.39, 0.29) is 40.9 Å². The number of alkyl halides is 3. The lowest BCUT2D eigenvalue weighted by Gasteiger charge is -2.10. The van der Waals surface area contributed by atoms with Crippen LogP contribution in [-0.2, 0) is 16.1 Å². The molecule has 3 aromatic rings. The molecule has 1 aliphatic rings. The normalized spacial score (nSPS) is 16.9. The Balaban J connectivity index is 1.75. The zero-order chi connectivity index (χ0) is 20.4. The number of nitrogens with one attached hydrogen (secondary N) is 1. The van der Waals surface area contributed by atoms with Gasteiger partial charge in [0.15, 0.2) is 5.82 Å². The molecule has 0 bridgehead atoms. The van der Waals surface area contributed by atoms with Crippen LogP contribution in [0.25, 0.3) is 10.9 Å². The van der Waals surface area contributed by atoms with E-state index >= 15 is 0 Å². The topological polar surface area (TPSA) is 78.3 Å². The first-order chi connectivity index (χ1) is 13.9. The van der Waals surface area contributed by atoms with Gasteiger partial charge < -0.3 is 14.8 Å². The van der Waals surface area contributed by atoms with Crippen molar-refractivity contribution in [3.63, 3.8) is 0 Å². The molecule has 0 saturated carbocycles. The van der Waals surface area contributed by atoms with Gasteiger partial charge in [-0.3, -0.25) is 14.5 Å². The van der Waals surface area contributed by atoms with Gasteiger partial charge in [0.05, 0.1) is 29.6 Å². The number of carbonyl (C=O) groups excluding carboxylic acids is 1. The summed E-state index contributed by atoms with van der Waals surface area (Å²) in [6.45, 7) is -0.551. The van der Waals surface area contributed by atoms with Crippen molar-refractivity contribution in [3.05, 3.63) is 42.7 Å². The number of anilines is 1. The Bertz CT molecular complexity index is 1010. The lowest BCUT2D eigenvalue weighted by atomic mass is 10.1. The molecule has 3 heterocycles. The summed E-state index contributed by atoms with van der Waals surface area (Å²) in [5.41, 5.74) is 0.196. The summed E-state index contributed by atoms with van der Waals surface area (Å²) in [5.74, 6) is -0.0333. The van der Waals surface area contributed by atoms with Crippen molar-refractivity contribution in [3.8, 4) is 11.5 Å². The molecule has 0 unspecified atom stereocenters. The molecular weight excluding hydrogens is 389 g/mol. The lowest BCUT2D eigenvalue weighted by molar-refractivity contribution is -0.141. The van der Waals surface area contributed by atoms with Crippen molar-refractivity contribution in [1.82, 2.24) is 14.8 Å². The Morgan fingerprint density at radius 1 is 1.31 bits per heavy atom. The number of rotatable bonds is 5. The van der Waals surface area contributed by atoms with E-state index in [4.69, 9.17) is 9.47 Å². The molecule has 1 amide bonds. The maximum absolute atomic E-state index is 13.0. The number of hydrogen-bond acceptors (Lipinski definition) is 5. The second kappa shape index (κ2) is 7.70. The Kier molecular flexibility index (Phi) is 5.10. The van der Waals surface area contributed by atoms with Crippen LogP contribution >= 0.6 is 0 Å². The third kappa shape index (κ3) is 4.32. The van der Waals surface area contributed by atoms with Gasteiger partial charge in [-0.1, -0.05) is 6.07 Å². The Morgan fingerprint density at radius 3 is 2.86 bits per heavy atom. The number of aromatic nitrogens is 3. The van der Waals surface area contributed by atoms with Crippen molar-refractivity contribution < 1.29 is 27.4 Å². The predicted octanol–water partition coefficient (Wildman–Crippen LogP) is 3.76. The molecule has 4 rings (SSSR count). The van der Waals surface area contributed by atoms with Crippen LogP contribution in [0.3, 0.4) is 0 Å². The van der Waals surface area contributed by atoms with E-state index in [1.54, 1.807) is 30.5 Å². The van der Waals surface area contributed by atoms with Crippen LogP contribution in [0, 0.1) is 5.92 Å². The monoisotopic (exact) mass is 406 g/mol. The number of carbonyl (C=O) groups is 1. The number of ether oxygens (including phenoxy) is 2. The number of halogens is 3. The molecule has 7 nitrogen and oxygen atoms in total. The molecule has 0 aliphatic carbocycles. The number of amides is 1. The van der Waals surface area contributed by atoms with Crippen molar-refractivity contribution in [2.75, 3.05) is 18.5 Å². The van der Waals surface area contributed by atoms with Crippen LogP contribution in [-0.4, -0.2) is 40.1 Å². The zero-order valence-corrected chi connectivity index (χ0v) is 15.1. The van der Waals surface area contributed by atoms with E-state index in [9.17, 15) is 18.0 Å². The van der Waals surface area contributed by atoms with E-state index in [1.807, 2.05) is 0 Å². The molecule has 1 fully saturated rings. The standard InChI is InChI=1S/C19H17F3N4O3/c20-19(21,22)11-26-14-4-1-5-15(29-13-3-2-7-23-9-13)16(14)17(25-26)24-18(27)12-6-8-28-10-12/h1-5,7,9,12H,6,8,10-11H2,(H,24,25,27)/t12-/m1/s1. The Labute approximate surface area is 163 Å². The van der Waals surface area contributed by atoms with Crippen molar-refractivity contribution in [1.29, 1.82) is 0 Å². The molecule has 1 atom stereocenters. The highest BCUT2D eigenvalue weighted by atomic mass is 19.4. The Morgan fingerprint density at radius 2 is 2.17 bits per heavy atom. The quantitative estimate of drug-likeness (QED) is 0.698. The number of pyridine rings is 1. The predicted molar refractivity (Wildman–Crippen MR) is 97.7 cm³/mol. The van der Waals surface area contributed by atoms with Gasteiger partial charge >= 0.3 is 6.18 Å². The highest BCUT2D eigenvalue weighted by Gasteiger charge is 2.31. The minimum absolute atomic E-state index is 0.0145. The third-order valence-corrected chi connectivity index (χ3v) is 4.47. The average molecular weight is 406 g/mol. The van der Waals surface area contributed by atoms with E-state index in [0.29, 0.717) is 18.8 Å². The van der Waals surface area contributed by atoms with E-state index in [0.717, 1.165) is 4.68 Å². The largest absolute Gasteiger partial charge is 0.455 e. The summed E-state index contributed by atoms with van der Waals surface area (Å²) in [6, 6.07) is 8.01. The van der Waals surface area contributed by atoms with E-state index < -0.39 is 12.7 Å². The van der Waals surface area contributed by atoms with Crippen molar-refractivity contribution in [2.24, 2.45) is 5.92 Å². The SMILES string of the molecule is O=C(Nc1nn(CC(F)(F)F)c2cccc(Oc3cccnc3)c12)[C@@H]1CCOC1. The Hall–Kier alpha value is -3.14. The average Bonchev–Trinajstić information content (AvgIpc) is 3.31. The van der Waals surface area contributed by atoms with Crippen LogP contribution < -0.4 is 10.1 Å². The molecule has 2 aromatic heterocycles. The van der Waals surface area contributed by atoms with Gasteiger partial charge in [-0.25, -0.2) is 0 Å². The first-order valence-electron chi connectivity index (χ1n) is 8.93. The molecule has 10 heteroatoms. The minimum atomic E-state index is -4.47. The fourth-order valence-corrected chi connectivity index (χ4v) is 3.15. The molecule has 29 heavy (non-hydrogen) atoms. The van der Waals surface area contributed by atoms with Gasteiger partial charge in [0.2, 0.25) is 5.91 Å². The molecular formula is C19H17F3N4O3. The number of nitrogens with zero attached hydrogens (tertiary/aromatic N) is 3. The molecule has 0 radical (unpaired) electrons. The summed E-state index contributed by atoms with van der Waals surface area (Å²) in [5, 5.41) is 6.95. The summed E-state index contributed by atoms with van der Waals surface area (Å²) >= 11 is 0. The molecule has 0 spiro atoms. The van der Waals surface area contributed by atoms with Gasteiger partial charge in [-0.05, 0) is 30.7 Å². The summed E-state index contributed by atoms with van der Waals surface area (Å²) in [7, 11) is 0. The van der Waals surface area contributed by atoms with Crippen LogP contribution in [0.15, 0.2) is 42.7 Å². The molecule has 1 aliphatic heterocycles. The zero-order valence-electron chi connectivity index (χ0n) is 15.1. The van der Waals surface area contributed by atoms with Crippen molar-refractivity contribution in [2.45, 2.75) is 19.1 Å². The van der Waals surface area contributed by atoms with Gasteiger partial charge in [-0.2, -0.15) is 18.3 Å². The second-order valence-electron chi connectivity index (χ2n) is 6.61. The molecule has 1 saturated heterocycles. The first kappa shape index (κ1) is 19.2. The summed E-state index contributed by atoms with van der Waals surface area (Å²) in [6.07, 6.45) is -0.872. The smallest absolute Gasteiger partial charge is 0.408 e. The third-order valence-electron chi connectivity index (χ3n) is 4.47. The lowest BCUT2D eigenvalue weighted by Crippen LogP contribution is -2.23. The van der Waals surface area contributed by atoms with E-state index in [1.165, 1.54) is 12.3 Å². The fraction of sp³-hybridized carbons (Fsp3) is 0.316. The van der Waals surface area contributed by atoms with Crippen LogP contribution in [0.4, 0.5) is 19.0 Å². The van der Waals surface area contributed by atoms with Gasteiger partial charge in [-0.15, -0.1) is 0 Å². The van der Waals surface area contributed by atoms with Crippen molar-refractivity contribution >= 4 is 22.6 Å². The minimum Gasteiger partial charge on any atom is -0.455 e. The molecule has 152 valence electrons. The highest BCUT2D eigenvalue weighted by molar-refractivity contribution is 6.03. The molecule has 1 aromatic carbocycles. The summed E-state index contributed by atoms with van der Waals surface area (Å²) in [4.78, 5) is 16.5. The fourth-order valence-electron chi connectivity index (χ4n) is 3.15. The highest BCUT2D eigenvalue weighted by Crippen LogP contribution is 2.36. The van der Waals surface area contributed by atoms with Crippen LogP contribution in [0.2, 0.25) is 0 Å². The maximum Gasteiger partial charge on any atom is 0.408 e. The van der Waals surface area contributed by atoms with E-state index in [2.05, 4.69) is 15.4 Å². The number of benzene rings is 1. The second-order valence-corrected chi connectivity index (χ2v) is 6.61. The number of hydrogen-bond donors (Lipinski definition) is 1. The van der Waals surface area contributed by atoms with Gasteiger partial charge in [0, 0.05) is 12.8 Å². The van der Waals surface area contributed by atoms with Gasteiger partial charge in [0.1, 0.15) is 18.0 Å². The van der Waals surface area contributed by atoms with Crippen LogP contribution in [0.5, 0.6) is 11.5 Å². The maximum atomic E-state index is 13.0.